The Bertz CT molecular complexity index is 534. The van der Waals surface area contributed by atoms with E-state index in [1.165, 1.54) is 0 Å². The van der Waals surface area contributed by atoms with Crippen molar-refractivity contribution in [2.75, 3.05) is 0 Å². The van der Waals surface area contributed by atoms with E-state index in [4.69, 9.17) is 0 Å². The molecule has 2 aliphatic carbocycles. The molecule has 0 radical (unpaired) electrons. The molecule has 3 aliphatic rings. The molecule has 4 heteroatoms. The molecule has 23 heavy (non-hydrogen) atoms. The van der Waals surface area contributed by atoms with Crippen molar-refractivity contribution in [3.8, 4) is 0 Å². The van der Waals surface area contributed by atoms with Crippen LogP contribution in [0.1, 0.15) is 73.6 Å². The van der Waals surface area contributed by atoms with E-state index in [0.29, 0.717) is 5.92 Å². The van der Waals surface area contributed by atoms with Gasteiger partial charge in [-0.25, -0.2) is 0 Å². The minimum atomic E-state index is -0.743. The van der Waals surface area contributed by atoms with Gasteiger partial charge in [0.2, 0.25) is 5.91 Å². The van der Waals surface area contributed by atoms with Gasteiger partial charge in [-0.15, -0.1) is 0 Å². The maximum atomic E-state index is 13.1. The van der Waals surface area contributed by atoms with Gasteiger partial charge in [0, 0.05) is 22.5 Å². The van der Waals surface area contributed by atoms with Gasteiger partial charge in [0.1, 0.15) is 5.41 Å². The van der Waals surface area contributed by atoms with Gasteiger partial charge in [-0.1, -0.05) is 13.8 Å². The van der Waals surface area contributed by atoms with E-state index in [1.807, 2.05) is 13.8 Å². The van der Waals surface area contributed by atoms with Crippen LogP contribution in [0.3, 0.4) is 0 Å². The fraction of sp³-hybridized carbons (Fsp3) is 0.895. The van der Waals surface area contributed by atoms with E-state index in [0.717, 1.165) is 32.1 Å². The molecule has 2 saturated carbocycles. The molecule has 4 nitrogen and oxygen atoms in total. The van der Waals surface area contributed by atoms with Crippen LogP contribution in [0.5, 0.6) is 0 Å². The summed E-state index contributed by atoms with van der Waals surface area (Å²) in [6.45, 7) is 12.8. The first-order valence-corrected chi connectivity index (χ1v) is 9.03. The van der Waals surface area contributed by atoms with Gasteiger partial charge in [0.15, 0.2) is 5.78 Å². The van der Waals surface area contributed by atoms with Crippen LogP contribution in [0.25, 0.3) is 0 Å². The number of hydrogen-bond donors (Lipinski definition) is 2. The number of ketones is 1. The molecule has 2 unspecified atom stereocenters. The highest BCUT2D eigenvalue weighted by Gasteiger charge is 2.65. The van der Waals surface area contributed by atoms with E-state index >= 15 is 0 Å². The quantitative estimate of drug-likeness (QED) is 0.769. The van der Waals surface area contributed by atoms with E-state index in [9.17, 15) is 9.59 Å². The second-order valence-corrected chi connectivity index (χ2v) is 10.0. The summed E-state index contributed by atoms with van der Waals surface area (Å²) in [6, 6.07) is 0.138. The Hall–Kier alpha value is -0.900. The number of carbonyl (C=O) groups excluding carboxylic acids is 2. The third kappa shape index (κ3) is 2.63. The van der Waals surface area contributed by atoms with Crippen LogP contribution in [0.4, 0.5) is 0 Å². The molecule has 1 saturated heterocycles. The molecule has 0 aromatic rings. The monoisotopic (exact) mass is 320 g/mol. The van der Waals surface area contributed by atoms with Gasteiger partial charge >= 0.3 is 0 Å². The van der Waals surface area contributed by atoms with Gasteiger partial charge in [-0.05, 0) is 65.7 Å². The average molecular weight is 320 g/mol. The zero-order chi connectivity index (χ0) is 17.3. The number of hydrogen-bond acceptors (Lipinski definition) is 3. The molecule has 0 aromatic heterocycles. The first-order chi connectivity index (χ1) is 10.4. The standard InChI is InChI=1S/C19H32N2O2/c1-16(2)10-13(11-17(3,4)21-16)20-15(23)19-8-7-12(9-19)18(5,6)14(19)22/h12-13,21H,7-11H2,1-6H3,(H,20,23). The normalized spacial score (nSPS) is 37.8. The van der Waals surface area contributed by atoms with Crippen molar-refractivity contribution in [3.63, 3.8) is 0 Å². The number of fused-ring (bicyclic) bond motifs is 2. The first-order valence-electron chi connectivity index (χ1n) is 9.03. The molecule has 3 fully saturated rings. The molecule has 3 rings (SSSR count). The van der Waals surface area contributed by atoms with Crippen LogP contribution in [-0.4, -0.2) is 28.8 Å². The zero-order valence-corrected chi connectivity index (χ0v) is 15.5. The summed E-state index contributed by atoms with van der Waals surface area (Å²) in [5, 5.41) is 6.90. The zero-order valence-electron chi connectivity index (χ0n) is 15.5. The molecule has 1 amide bonds. The Kier molecular flexibility index (Phi) is 3.54. The number of amides is 1. The van der Waals surface area contributed by atoms with Gasteiger partial charge in [0.05, 0.1) is 0 Å². The van der Waals surface area contributed by atoms with Crippen molar-refractivity contribution in [2.45, 2.75) is 90.8 Å². The lowest BCUT2D eigenvalue weighted by Gasteiger charge is -2.47. The fourth-order valence-corrected chi connectivity index (χ4v) is 5.73. The Morgan fingerprint density at radius 2 is 1.61 bits per heavy atom. The summed E-state index contributed by atoms with van der Waals surface area (Å²) in [5.74, 6) is 0.543. The number of nitrogens with one attached hydrogen (secondary N) is 2. The van der Waals surface area contributed by atoms with Gasteiger partial charge < -0.3 is 10.6 Å². The molecule has 1 aliphatic heterocycles. The molecule has 2 N–H and O–H groups in total. The van der Waals surface area contributed by atoms with Crippen molar-refractivity contribution < 1.29 is 9.59 Å². The van der Waals surface area contributed by atoms with Crippen molar-refractivity contribution in [2.24, 2.45) is 16.7 Å². The van der Waals surface area contributed by atoms with Crippen molar-refractivity contribution in [1.82, 2.24) is 10.6 Å². The topological polar surface area (TPSA) is 58.2 Å². The van der Waals surface area contributed by atoms with Crippen LogP contribution >= 0.6 is 0 Å². The Morgan fingerprint density at radius 1 is 1.04 bits per heavy atom. The Morgan fingerprint density at radius 3 is 2.09 bits per heavy atom. The number of rotatable bonds is 2. The predicted molar refractivity (Wildman–Crippen MR) is 91.0 cm³/mol. The highest BCUT2D eigenvalue weighted by atomic mass is 16.2. The minimum absolute atomic E-state index is 0.00543. The third-order valence-electron chi connectivity index (χ3n) is 6.51. The molecule has 0 spiro atoms. The van der Waals surface area contributed by atoms with E-state index in [2.05, 4.69) is 38.3 Å². The van der Waals surface area contributed by atoms with Crippen molar-refractivity contribution in [3.05, 3.63) is 0 Å². The van der Waals surface area contributed by atoms with Crippen LogP contribution in [-0.2, 0) is 9.59 Å². The van der Waals surface area contributed by atoms with Crippen molar-refractivity contribution in [1.29, 1.82) is 0 Å². The van der Waals surface area contributed by atoms with E-state index < -0.39 is 5.41 Å². The van der Waals surface area contributed by atoms with Crippen molar-refractivity contribution >= 4 is 11.7 Å². The summed E-state index contributed by atoms with van der Waals surface area (Å²) in [6.07, 6.45) is 4.31. The Balaban J connectivity index is 1.76. The second kappa shape index (κ2) is 4.81. The lowest BCUT2D eigenvalue weighted by Crippen LogP contribution is -2.63. The smallest absolute Gasteiger partial charge is 0.233 e. The average Bonchev–Trinajstić information content (AvgIpc) is 2.86. The molecule has 2 bridgehead atoms. The number of Topliss-reactive ketones (excluding diaryl/α,β-unsaturated/α-hetero) is 1. The largest absolute Gasteiger partial charge is 0.352 e. The lowest BCUT2D eigenvalue weighted by molar-refractivity contribution is -0.145. The molecule has 1 heterocycles. The molecular weight excluding hydrogens is 288 g/mol. The van der Waals surface area contributed by atoms with Crippen LogP contribution in [0.15, 0.2) is 0 Å². The highest BCUT2D eigenvalue weighted by Crippen LogP contribution is 2.60. The highest BCUT2D eigenvalue weighted by molar-refractivity contribution is 6.10. The fourth-order valence-electron chi connectivity index (χ4n) is 5.73. The molecule has 0 aromatic carbocycles. The maximum Gasteiger partial charge on any atom is 0.233 e. The minimum Gasteiger partial charge on any atom is -0.352 e. The summed E-state index contributed by atoms with van der Waals surface area (Å²) >= 11 is 0. The van der Waals surface area contributed by atoms with Gasteiger partial charge in [0.25, 0.3) is 0 Å². The van der Waals surface area contributed by atoms with Crippen LogP contribution < -0.4 is 10.6 Å². The number of piperidine rings is 1. The SMILES string of the molecule is CC1(C)CC(NC(=O)C23CCC(C2)C(C)(C)C3=O)CC(C)(C)N1. The van der Waals surface area contributed by atoms with Gasteiger partial charge in [-0.2, -0.15) is 0 Å². The summed E-state index contributed by atoms with van der Waals surface area (Å²) in [4.78, 5) is 25.9. The van der Waals surface area contributed by atoms with Gasteiger partial charge in [-0.3, -0.25) is 9.59 Å². The molecular formula is C19H32N2O2. The number of carbonyl (C=O) groups is 2. The van der Waals surface area contributed by atoms with E-state index in [1.54, 1.807) is 0 Å². The second-order valence-electron chi connectivity index (χ2n) is 10.0. The first kappa shape index (κ1) is 16.9. The summed E-state index contributed by atoms with van der Waals surface area (Å²) in [5.41, 5.74) is -1.08. The predicted octanol–water partition coefficient (Wildman–Crippen LogP) is 2.81. The Labute approximate surface area is 140 Å². The summed E-state index contributed by atoms with van der Waals surface area (Å²) in [7, 11) is 0. The third-order valence-corrected chi connectivity index (χ3v) is 6.51. The van der Waals surface area contributed by atoms with Crippen LogP contribution in [0.2, 0.25) is 0 Å². The van der Waals surface area contributed by atoms with Crippen LogP contribution in [0, 0.1) is 16.7 Å². The molecule has 130 valence electrons. The maximum absolute atomic E-state index is 13.1. The lowest BCUT2D eigenvalue weighted by atomic mass is 9.70. The summed E-state index contributed by atoms with van der Waals surface area (Å²) < 4.78 is 0. The molecule has 2 atom stereocenters. The van der Waals surface area contributed by atoms with E-state index in [-0.39, 0.29) is 34.2 Å².